The fraction of sp³-hybridized carbons (Fsp3) is 0.667. The van der Waals surface area contributed by atoms with Gasteiger partial charge in [0.25, 0.3) is 0 Å². The van der Waals surface area contributed by atoms with E-state index in [1.165, 1.54) is 0 Å². The van der Waals surface area contributed by atoms with Gasteiger partial charge in [-0.3, -0.25) is 8.42 Å². The van der Waals surface area contributed by atoms with Crippen LogP contribution < -0.4 is 11.5 Å². The van der Waals surface area contributed by atoms with Gasteiger partial charge in [-0.05, 0) is 0 Å². The highest BCUT2D eigenvalue weighted by Crippen LogP contribution is 1.82. The molecule has 1 amide bonds. The van der Waals surface area contributed by atoms with E-state index >= 15 is 0 Å². The van der Waals surface area contributed by atoms with E-state index in [2.05, 4.69) is 10.1 Å². The van der Waals surface area contributed by atoms with Crippen LogP contribution in [0.15, 0.2) is 0 Å². The zero-order chi connectivity index (χ0) is 8.91. The van der Waals surface area contributed by atoms with Gasteiger partial charge in [-0.2, -0.15) is 0 Å². The number of amides is 1. The predicted octanol–water partition coefficient (Wildman–Crippen LogP) is -1.45. The number of carbonyl (C=O) groups excluding carboxylic acids is 1. The molecule has 1 rings (SSSR count). The first-order valence-corrected chi connectivity index (χ1v) is 3.80. The molecule has 4 N–H and O–H groups in total. The summed E-state index contributed by atoms with van der Waals surface area (Å²) in [5.74, 6) is 0. The predicted molar refractivity (Wildman–Crippen MR) is 34.8 cm³/mol. The summed E-state index contributed by atoms with van der Waals surface area (Å²) >= 11 is 0. The quantitative estimate of drug-likeness (QED) is 0.358. The molecule has 1 fully saturated rings. The van der Waals surface area contributed by atoms with Gasteiger partial charge in [0.1, 0.15) is 6.61 Å². The van der Waals surface area contributed by atoms with Gasteiger partial charge in [-0.1, -0.05) is 0 Å². The van der Waals surface area contributed by atoms with Crippen molar-refractivity contribution in [3.05, 3.63) is 0 Å². The molecule has 8 nitrogen and oxygen atoms in total. The smallest absolute Gasteiger partial charge is 0.407 e. The Balaban J connectivity index is 0. The lowest BCUT2D eigenvalue weighted by molar-refractivity contribution is 0.178. The van der Waals surface area contributed by atoms with Crippen molar-refractivity contribution in [3.63, 3.8) is 0 Å². The fourth-order valence-electron chi connectivity index (χ4n) is 0.348. The minimum atomic E-state index is -5.17. The maximum atomic E-state index is 9.91. The molecule has 0 spiro atoms. The number of cyclic esters (lactones) is 1. The SMILES string of the molecule is N.O=C1NCCO1.O=S(=O)([O-])[O-]. The molecule has 9 heteroatoms. The molecule has 0 aromatic rings. The van der Waals surface area contributed by atoms with Crippen LogP contribution in [0.2, 0.25) is 0 Å². The van der Waals surface area contributed by atoms with E-state index in [0.717, 1.165) is 0 Å². The van der Waals surface area contributed by atoms with E-state index in [4.69, 9.17) is 17.5 Å². The summed E-state index contributed by atoms with van der Waals surface area (Å²) < 4.78 is 38.5. The van der Waals surface area contributed by atoms with Crippen molar-refractivity contribution in [2.24, 2.45) is 0 Å². The summed E-state index contributed by atoms with van der Waals surface area (Å²) in [6, 6.07) is 0. The average Bonchev–Trinajstić information content (AvgIpc) is 2.12. The van der Waals surface area contributed by atoms with Crippen molar-refractivity contribution in [3.8, 4) is 0 Å². The minimum absolute atomic E-state index is 0. The van der Waals surface area contributed by atoms with Crippen molar-refractivity contribution in [2.45, 2.75) is 0 Å². The Bertz CT molecular complexity index is 207. The van der Waals surface area contributed by atoms with Gasteiger partial charge < -0.3 is 25.3 Å². The van der Waals surface area contributed by atoms with Crippen LogP contribution in [-0.2, 0) is 15.1 Å². The number of rotatable bonds is 0. The molecule has 0 aromatic heterocycles. The van der Waals surface area contributed by atoms with Gasteiger partial charge >= 0.3 is 6.09 Å². The van der Waals surface area contributed by atoms with Crippen LogP contribution in [0.3, 0.4) is 0 Å². The van der Waals surface area contributed by atoms with Gasteiger partial charge in [0.15, 0.2) is 0 Å². The summed E-state index contributed by atoms with van der Waals surface area (Å²) in [4.78, 5) is 9.91. The van der Waals surface area contributed by atoms with Crippen molar-refractivity contribution in [1.82, 2.24) is 11.5 Å². The number of hydrogen-bond donors (Lipinski definition) is 2. The van der Waals surface area contributed by atoms with Crippen LogP contribution in [-0.4, -0.2) is 36.8 Å². The number of alkyl carbamates (subject to hydrolysis) is 1. The van der Waals surface area contributed by atoms with Gasteiger partial charge in [-0.25, -0.2) is 4.79 Å². The van der Waals surface area contributed by atoms with Crippen molar-refractivity contribution < 1.29 is 27.1 Å². The lowest BCUT2D eigenvalue weighted by Crippen LogP contribution is -2.11. The summed E-state index contributed by atoms with van der Waals surface area (Å²) in [5.41, 5.74) is 0. The summed E-state index contributed by atoms with van der Waals surface area (Å²) in [6.45, 7) is 1.19. The molecule has 0 aromatic carbocycles. The van der Waals surface area contributed by atoms with Crippen LogP contribution in [0.1, 0.15) is 0 Å². The van der Waals surface area contributed by atoms with Gasteiger partial charge in [0, 0.05) is 10.4 Å². The van der Waals surface area contributed by atoms with Crippen LogP contribution in [0.4, 0.5) is 4.79 Å². The van der Waals surface area contributed by atoms with Gasteiger partial charge in [-0.15, -0.1) is 0 Å². The zero-order valence-corrected chi connectivity index (χ0v) is 6.80. The first-order chi connectivity index (χ1) is 4.89. The highest BCUT2D eigenvalue weighted by Gasteiger charge is 2.06. The van der Waals surface area contributed by atoms with Crippen LogP contribution >= 0.6 is 0 Å². The molecular formula is C3H8N2O6S-2. The topological polar surface area (TPSA) is 154 Å². The second-order valence-corrected chi connectivity index (χ2v) is 2.29. The molecule has 0 atom stereocenters. The monoisotopic (exact) mass is 200 g/mol. The molecule has 1 aliphatic rings. The van der Waals surface area contributed by atoms with E-state index in [0.29, 0.717) is 13.2 Å². The van der Waals surface area contributed by atoms with Gasteiger partial charge in [0.05, 0.1) is 6.54 Å². The van der Waals surface area contributed by atoms with E-state index in [1.54, 1.807) is 0 Å². The Morgan fingerprint density at radius 2 is 1.83 bits per heavy atom. The largest absolute Gasteiger partial charge is 0.759 e. The molecule has 0 radical (unpaired) electrons. The number of ether oxygens (including phenoxy) is 1. The molecular weight excluding hydrogens is 192 g/mol. The second-order valence-electron chi connectivity index (χ2n) is 1.47. The zero-order valence-electron chi connectivity index (χ0n) is 5.98. The van der Waals surface area contributed by atoms with Crippen molar-refractivity contribution in [1.29, 1.82) is 0 Å². The molecule has 0 bridgehead atoms. The van der Waals surface area contributed by atoms with E-state index in [9.17, 15) is 4.79 Å². The molecule has 0 saturated carbocycles. The van der Waals surface area contributed by atoms with Crippen molar-refractivity contribution >= 4 is 16.5 Å². The fourth-order valence-corrected chi connectivity index (χ4v) is 0.348. The first kappa shape index (κ1) is 13.7. The Hall–Kier alpha value is -0.900. The Labute approximate surface area is 69.1 Å². The maximum Gasteiger partial charge on any atom is 0.407 e. The molecule has 1 heterocycles. The third kappa shape index (κ3) is 16.0. The minimum Gasteiger partial charge on any atom is -0.759 e. The molecule has 0 unspecified atom stereocenters. The number of hydrogen-bond acceptors (Lipinski definition) is 7. The first-order valence-electron chi connectivity index (χ1n) is 2.47. The van der Waals surface area contributed by atoms with Crippen LogP contribution in [0.25, 0.3) is 0 Å². The van der Waals surface area contributed by atoms with Crippen LogP contribution in [0.5, 0.6) is 0 Å². The molecule has 1 aliphatic heterocycles. The average molecular weight is 200 g/mol. The summed E-state index contributed by atoms with van der Waals surface area (Å²) in [7, 11) is -5.17. The molecule has 0 aliphatic carbocycles. The Morgan fingerprint density at radius 3 is 1.92 bits per heavy atom. The lowest BCUT2D eigenvalue weighted by atomic mass is 10.7. The lowest BCUT2D eigenvalue weighted by Gasteiger charge is -2.06. The number of nitrogens with one attached hydrogen (secondary N) is 1. The van der Waals surface area contributed by atoms with E-state index < -0.39 is 10.4 Å². The highest BCUT2D eigenvalue weighted by atomic mass is 32.3. The Kier molecular flexibility index (Phi) is 6.51. The number of carbonyl (C=O) groups is 1. The third-order valence-corrected chi connectivity index (χ3v) is 0.605. The van der Waals surface area contributed by atoms with E-state index in [-0.39, 0.29) is 12.2 Å². The second kappa shape index (κ2) is 5.71. The Morgan fingerprint density at radius 1 is 1.42 bits per heavy atom. The highest BCUT2D eigenvalue weighted by molar-refractivity contribution is 7.79. The molecule has 74 valence electrons. The standard InChI is InChI=1S/C3H5NO2.H3N.H2O4S/c5-3-4-1-2-6-3;;1-5(2,3)4/h1-2H2,(H,4,5);1H3;(H2,1,2,3,4)/p-2. The summed E-state index contributed by atoms with van der Waals surface area (Å²) in [6.07, 6.45) is -0.296. The molecule has 12 heavy (non-hydrogen) atoms. The molecule has 1 saturated heterocycles. The normalized spacial score (nSPS) is 14.7. The maximum absolute atomic E-state index is 9.91. The van der Waals surface area contributed by atoms with Gasteiger partial charge in [0.2, 0.25) is 0 Å². The summed E-state index contributed by atoms with van der Waals surface area (Å²) in [5, 5.41) is 2.46. The van der Waals surface area contributed by atoms with Crippen molar-refractivity contribution in [2.75, 3.05) is 13.2 Å². The van der Waals surface area contributed by atoms with Crippen LogP contribution in [0, 0.1) is 0 Å². The third-order valence-electron chi connectivity index (χ3n) is 0.605. The van der Waals surface area contributed by atoms with E-state index in [1.807, 2.05) is 0 Å².